The number of nitrogen functional groups attached to an aromatic ring is 5. The maximum Gasteiger partial charge on any atom is 0.183 e. The van der Waals surface area contributed by atoms with Crippen LogP contribution in [0.3, 0.4) is 0 Å². The van der Waals surface area contributed by atoms with E-state index >= 15 is 0 Å². The van der Waals surface area contributed by atoms with E-state index in [-0.39, 0.29) is 100 Å². The molecule has 10 aromatic carbocycles. The first kappa shape index (κ1) is 92.0. The first-order chi connectivity index (χ1) is 64.8. The molecular formula is C91H48Cl9F5N30. The normalized spacial score (nSPS) is 10.9. The highest BCUT2D eigenvalue weighted by molar-refractivity contribution is 6.38. The Morgan fingerprint density at radius 2 is 0.556 bits per heavy atom. The number of fused-ring (bicyclic) bond motifs is 5. The van der Waals surface area contributed by atoms with Crippen LogP contribution in [0.25, 0.3) is 167 Å². The number of benzene rings is 10. The van der Waals surface area contributed by atoms with Crippen molar-refractivity contribution in [1.82, 2.24) is 101 Å². The van der Waals surface area contributed by atoms with E-state index in [0.717, 1.165) is 32.5 Å². The quantitative estimate of drug-likeness (QED) is 0.0568. The highest BCUT2D eigenvalue weighted by Crippen LogP contribution is 2.44. The largest absolute Gasteiger partial charge is 0.381 e. The Bertz CT molecular complexity index is 8050. The zero-order chi connectivity index (χ0) is 95.6. The highest BCUT2D eigenvalue weighted by atomic mass is 35.5. The van der Waals surface area contributed by atoms with Gasteiger partial charge < -0.3 is 28.7 Å². The van der Waals surface area contributed by atoms with Gasteiger partial charge in [-0.05, 0) is 158 Å². The van der Waals surface area contributed by atoms with Crippen molar-refractivity contribution in [1.29, 1.82) is 26.3 Å². The van der Waals surface area contributed by atoms with Crippen molar-refractivity contribution in [3.05, 3.63) is 291 Å². The highest BCUT2D eigenvalue weighted by Gasteiger charge is 2.27. The van der Waals surface area contributed by atoms with E-state index in [1.54, 1.807) is 111 Å². The molecule has 20 rings (SSSR count). The van der Waals surface area contributed by atoms with Crippen LogP contribution in [0.15, 0.2) is 183 Å². The minimum absolute atomic E-state index is 0.00899. The molecule has 10 heterocycles. The van der Waals surface area contributed by atoms with E-state index in [2.05, 4.69) is 101 Å². The number of aryl methyl sites for hydroxylation is 1. The number of hydrogen-bond acceptors (Lipinski definition) is 25. The van der Waals surface area contributed by atoms with Crippen LogP contribution >= 0.6 is 104 Å². The molecule has 0 amide bonds. The predicted octanol–water partition coefficient (Wildman–Crippen LogP) is 22.6. The van der Waals surface area contributed by atoms with Crippen LogP contribution in [0.5, 0.6) is 0 Å². The van der Waals surface area contributed by atoms with Crippen LogP contribution < -0.4 is 28.7 Å². The van der Waals surface area contributed by atoms with Crippen LogP contribution in [-0.2, 0) is 0 Å². The van der Waals surface area contributed by atoms with Crippen molar-refractivity contribution >= 4 is 188 Å². The number of aromatic nitrogens is 20. The summed E-state index contributed by atoms with van der Waals surface area (Å²) in [6.07, 6.45) is 8.07. The number of anilines is 5. The number of H-pyrrole nitrogens is 5. The zero-order valence-corrected chi connectivity index (χ0v) is 74.7. The summed E-state index contributed by atoms with van der Waals surface area (Å²) in [7, 11) is 0. The first-order valence-corrected chi connectivity index (χ1v) is 41.9. The van der Waals surface area contributed by atoms with Gasteiger partial charge in [0, 0.05) is 92.6 Å². The van der Waals surface area contributed by atoms with Gasteiger partial charge in [0.05, 0.1) is 139 Å². The second-order valence-corrected chi connectivity index (χ2v) is 32.6. The molecule has 30 nitrogen and oxygen atoms in total. The Morgan fingerprint density at radius 3 is 0.881 bits per heavy atom. The second kappa shape index (κ2) is 38.6. The van der Waals surface area contributed by atoms with E-state index in [9.17, 15) is 48.3 Å². The number of nitriles is 5. The van der Waals surface area contributed by atoms with E-state index < -0.39 is 29.1 Å². The predicted molar refractivity (Wildman–Crippen MR) is 508 cm³/mol. The SMILES string of the molecule is Cc1cc(F)cc(-c2nc(N)c(C#N)nc2-c2cc(Cl)c3[nH]ncc3c2)c1.N#Cc1nc(-c2cc(Cl)c3[nH]ncc3c2)c(-c2cc(F)cc(Cl)c2)nc1N.N#Cc1nc(-c2cc(Cl)c3[nH]ncc3c2)c(-c2ccc(Cl)c(F)c2)nc1N.N#Cc1nc(-c2cc(Cl)c3[nH]ncc3c2)c(-c2ccc(Cl)cc2F)nc1N.N#Cc1nc(-c2cc(Cl)c3[nH]ncc3c2)c(-c2ccc(F)cc2Cl)nc1N. The third-order valence-electron chi connectivity index (χ3n) is 20.0. The minimum Gasteiger partial charge on any atom is -0.381 e. The lowest BCUT2D eigenvalue weighted by Gasteiger charge is -2.12. The van der Waals surface area contributed by atoms with Gasteiger partial charge in [0.15, 0.2) is 57.6 Å². The fourth-order valence-corrected chi connectivity index (χ4v) is 16.1. The molecule has 0 fully saturated rings. The summed E-state index contributed by atoms with van der Waals surface area (Å²) in [4.78, 5) is 43.1. The van der Waals surface area contributed by atoms with E-state index in [0.29, 0.717) is 143 Å². The van der Waals surface area contributed by atoms with Crippen LogP contribution in [0.2, 0.25) is 45.2 Å². The number of rotatable bonds is 10. The van der Waals surface area contributed by atoms with Gasteiger partial charge in [0.2, 0.25) is 0 Å². The van der Waals surface area contributed by atoms with Crippen LogP contribution in [0.1, 0.15) is 34.0 Å². The van der Waals surface area contributed by atoms with Crippen LogP contribution in [0, 0.1) is 92.7 Å². The molecule has 10 aromatic heterocycles. The third-order valence-corrected chi connectivity index (χ3v) is 22.6. The van der Waals surface area contributed by atoms with Crippen molar-refractivity contribution in [3.8, 4) is 143 Å². The van der Waals surface area contributed by atoms with Gasteiger partial charge in [-0.15, -0.1) is 0 Å². The van der Waals surface area contributed by atoms with E-state index in [1.807, 2.05) is 36.4 Å². The maximum atomic E-state index is 14.5. The summed E-state index contributed by atoms with van der Waals surface area (Å²) < 4.78 is 69.8. The summed E-state index contributed by atoms with van der Waals surface area (Å²) >= 11 is 55.4. The smallest absolute Gasteiger partial charge is 0.183 e. The summed E-state index contributed by atoms with van der Waals surface area (Å²) in [5.74, 6) is -2.88. The molecule has 0 radical (unpaired) electrons. The molecule has 0 unspecified atom stereocenters. The van der Waals surface area contributed by atoms with Crippen molar-refractivity contribution in [2.75, 3.05) is 28.7 Å². The van der Waals surface area contributed by atoms with E-state index in [4.69, 9.17) is 133 Å². The van der Waals surface area contributed by atoms with Crippen LogP contribution in [-0.4, -0.2) is 101 Å². The summed E-state index contributed by atoms with van der Waals surface area (Å²) in [5, 5.41) is 86.7. The Kier molecular flexibility index (Phi) is 26.3. The molecule has 0 saturated heterocycles. The van der Waals surface area contributed by atoms with Crippen LogP contribution in [0.4, 0.5) is 51.0 Å². The Hall–Kier alpha value is -16.3. The molecule has 20 aromatic rings. The van der Waals surface area contributed by atoms with Gasteiger partial charge in [-0.3, -0.25) is 25.5 Å². The number of hydrogen-bond donors (Lipinski definition) is 10. The minimum atomic E-state index is -0.604. The molecule has 135 heavy (non-hydrogen) atoms. The van der Waals surface area contributed by atoms with Gasteiger partial charge in [-0.2, -0.15) is 51.8 Å². The zero-order valence-electron chi connectivity index (χ0n) is 67.9. The van der Waals surface area contributed by atoms with Gasteiger partial charge in [-0.1, -0.05) is 110 Å². The third kappa shape index (κ3) is 19.2. The molecule has 0 atom stereocenters. The fourth-order valence-electron chi connectivity index (χ4n) is 14.0. The van der Waals surface area contributed by atoms with Gasteiger partial charge in [0.1, 0.15) is 70.8 Å². The molecule has 0 aliphatic carbocycles. The lowest BCUT2D eigenvalue weighted by molar-refractivity contribution is 0.627. The number of halogens is 14. The molecular weight excluding hydrogens is 1930 g/mol. The number of nitrogens with zero attached hydrogens (tertiary/aromatic N) is 20. The molecule has 15 N–H and O–H groups in total. The number of nitrogens with one attached hydrogen (secondary N) is 5. The van der Waals surface area contributed by atoms with Crippen molar-refractivity contribution < 1.29 is 22.0 Å². The summed E-state index contributed by atoms with van der Waals surface area (Å²) in [6, 6.07) is 47.7. The summed E-state index contributed by atoms with van der Waals surface area (Å²) in [6.45, 7) is 1.78. The Labute approximate surface area is 800 Å². The number of aromatic amines is 5. The topological polar surface area (TPSA) is 521 Å². The standard InChI is InChI=1S/C19H12ClFN6.4C18H9Cl2FN6/c1-9-2-10(5-13(21)3-9)18-17(25-15(7-22)19(23)26-18)11-4-12-8-24-27-16(12)14(20)6-11;19-11-2-9(3-12(21)5-11)17-16(25-14(6-22)18(23)26-17)8-1-10-7-24-27-15(10)13(20)4-8;19-12-5-10(21)1-2-11(12)17-16(25-14(6-22)18(23)26-17)8-3-9-7-24-27-15(9)13(20)4-8;19-10-1-2-11(13(21)5-10)17-16(25-14(6-22)18(23)26-17)8-3-9-7-24-27-15(9)12(20)4-8;19-11-2-1-8(5-13(11)21)16-17(25-14(6-22)18(23)26-16)9-3-10-7-24-27-15(10)12(20)4-9/h2-6,8H,1H3,(H2,23,26)(H,24,27);4*1-5,7H,(H2,23,26)(H,24,27). The molecule has 0 aliphatic rings. The second-order valence-electron chi connectivity index (χ2n) is 28.8. The van der Waals surface area contributed by atoms with Gasteiger partial charge in [0.25, 0.3) is 0 Å². The van der Waals surface area contributed by atoms with Gasteiger partial charge >= 0.3 is 0 Å². The molecule has 44 heteroatoms. The molecule has 0 spiro atoms. The van der Waals surface area contributed by atoms with Crippen molar-refractivity contribution in [3.63, 3.8) is 0 Å². The Balaban J connectivity index is 0.000000123. The fraction of sp³-hybridized carbons (Fsp3) is 0.0110. The molecule has 0 aliphatic heterocycles. The van der Waals surface area contributed by atoms with Gasteiger partial charge in [-0.25, -0.2) is 71.8 Å². The average Bonchev–Trinajstić information content (AvgIpc) is 1.74. The lowest BCUT2D eigenvalue weighted by atomic mass is 10.0. The first-order valence-electron chi connectivity index (χ1n) is 38.5. The lowest BCUT2D eigenvalue weighted by Crippen LogP contribution is -2.04. The van der Waals surface area contributed by atoms with Crippen molar-refractivity contribution in [2.45, 2.75) is 6.92 Å². The summed E-state index contributed by atoms with van der Waals surface area (Å²) in [5.41, 5.74) is 41.0. The monoisotopic (exact) mass is 1970 g/mol. The van der Waals surface area contributed by atoms with Crippen molar-refractivity contribution in [2.24, 2.45) is 0 Å². The van der Waals surface area contributed by atoms with E-state index in [1.165, 1.54) is 72.8 Å². The Morgan fingerprint density at radius 1 is 0.252 bits per heavy atom. The molecule has 660 valence electrons. The molecule has 0 saturated carbocycles. The molecule has 0 bridgehead atoms. The maximum absolute atomic E-state index is 14.5. The average molecular weight is 1980 g/mol. The number of nitrogens with two attached hydrogens (primary N) is 5.